The fourth-order valence-electron chi connectivity index (χ4n) is 2.93. The summed E-state index contributed by atoms with van der Waals surface area (Å²) in [4.78, 5) is 4.48. The zero-order chi connectivity index (χ0) is 20.5. The summed E-state index contributed by atoms with van der Waals surface area (Å²) in [5, 5.41) is 21.7. The number of halogens is 2. The minimum atomic E-state index is -0.742. The van der Waals surface area contributed by atoms with Gasteiger partial charge in [0, 0.05) is 36.1 Å². The van der Waals surface area contributed by atoms with Gasteiger partial charge in [-0.1, -0.05) is 41.9 Å². The smallest absolute Gasteiger partial charge is 0.191 e. The van der Waals surface area contributed by atoms with Crippen molar-refractivity contribution in [2.75, 3.05) is 19.6 Å². The van der Waals surface area contributed by atoms with Gasteiger partial charge in [-0.15, -0.1) is 24.0 Å². The summed E-state index contributed by atoms with van der Waals surface area (Å²) in [5.41, 5.74) is 2.95. The van der Waals surface area contributed by atoms with Crippen molar-refractivity contribution in [3.63, 3.8) is 0 Å². The lowest BCUT2D eigenvalue weighted by atomic mass is 10.1. The fraction of sp³-hybridized carbons (Fsp3) is 0.273. The molecule has 0 amide bonds. The Kier molecular flexibility index (Phi) is 10.1. The van der Waals surface area contributed by atoms with Crippen LogP contribution in [0.25, 0.3) is 5.69 Å². The summed E-state index contributed by atoms with van der Waals surface area (Å²) in [6.07, 6.45) is 3.81. The van der Waals surface area contributed by atoms with Gasteiger partial charge in [-0.25, -0.2) is 4.68 Å². The summed E-state index contributed by atoms with van der Waals surface area (Å²) >= 11 is 6.15. The van der Waals surface area contributed by atoms with Crippen LogP contribution in [0.1, 0.15) is 24.2 Å². The number of nitrogens with zero attached hydrogens (tertiary/aromatic N) is 3. The maximum atomic E-state index is 10.4. The van der Waals surface area contributed by atoms with Gasteiger partial charge in [0.1, 0.15) is 6.10 Å². The van der Waals surface area contributed by atoms with Crippen molar-refractivity contribution >= 4 is 41.5 Å². The van der Waals surface area contributed by atoms with Crippen molar-refractivity contribution in [3.05, 3.63) is 83.1 Å². The molecule has 0 spiro atoms. The van der Waals surface area contributed by atoms with E-state index in [1.165, 1.54) is 5.56 Å². The van der Waals surface area contributed by atoms with Crippen LogP contribution in [-0.4, -0.2) is 40.5 Å². The van der Waals surface area contributed by atoms with Gasteiger partial charge in [-0.2, -0.15) is 5.10 Å². The molecule has 3 rings (SSSR count). The molecule has 0 saturated carbocycles. The van der Waals surface area contributed by atoms with E-state index in [1.54, 1.807) is 12.3 Å². The lowest BCUT2D eigenvalue weighted by Crippen LogP contribution is -2.38. The van der Waals surface area contributed by atoms with Crippen molar-refractivity contribution < 1.29 is 5.11 Å². The van der Waals surface area contributed by atoms with Crippen LogP contribution in [0.4, 0.5) is 0 Å². The first-order chi connectivity index (χ1) is 14.2. The molecule has 1 heterocycles. The number of guanidine groups is 1. The van der Waals surface area contributed by atoms with Gasteiger partial charge in [0.15, 0.2) is 5.96 Å². The molecule has 30 heavy (non-hydrogen) atoms. The highest BCUT2D eigenvalue weighted by Crippen LogP contribution is 2.22. The molecule has 3 N–H and O–H groups in total. The molecule has 160 valence electrons. The van der Waals surface area contributed by atoms with Crippen LogP contribution >= 0.6 is 35.6 Å². The number of hydrogen-bond acceptors (Lipinski definition) is 3. The first-order valence-electron chi connectivity index (χ1n) is 9.71. The standard InChI is InChI=1S/C22H26ClN5O.HI/c1-2-24-22(26-16-21(29)19-6-3-4-7-20(19)23)25-14-12-17-8-10-18(11-9-17)28-15-5-13-27-28;/h3-11,13,15,21,29H,2,12,14,16H2,1H3,(H2,24,25,26);1H. The second-order valence-corrected chi connectivity index (χ2v) is 6.96. The molecule has 6 nitrogen and oxygen atoms in total. The maximum Gasteiger partial charge on any atom is 0.191 e. The SMILES string of the molecule is CCNC(=NCC(O)c1ccccc1Cl)NCCc1ccc(-n2cccn2)cc1.I. The fourth-order valence-corrected chi connectivity index (χ4v) is 3.19. The summed E-state index contributed by atoms with van der Waals surface area (Å²) in [6.45, 7) is 3.72. The number of benzene rings is 2. The van der Waals surface area contributed by atoms with Crippen LogP contribution in [0.15, 0.2) is 72.0 Å². The van der Waals surface area contributed by atoms with Gasteiger partial charge < -0.3 is 15.7 Å². The molecule has 0 aliphatic carbocycles. The molecule has 0 bridgehead atoms. The molecule has 1 aromatic heterocycles. The molecule has 0 radical (unpaired) electrons. The van der Waals surface area contributed by atoms with Gasteiger partial charge in [0.2, 0.25) is 0 Å². The number of rotatable bonds is 8. The van der Waals surface area contributed by atoms with Crippen molar-refractivity contribution in [2.24, 2.45) is 4.99 Å². The predicted molar refractivity (Wildman–Crippen MR) is 133 cm³/mol. The minimum Gasteiger partial charge on any atom is -0.386 e. The van der Waals surface area contributed by atoms with Crippen LogP contribution in [0.2, 0.25) is 5.02 Å². The normalized spacial score (nSPS) is 12.2. The Hall–Kier alpha value is -2.10. The minimum absolute atomic E-state index is 0. The van der Waals surface area contributed by atoms with Crippen LogP contribution in [0, 0.1) is 0 Å². The summed E-state index contributed by atoms with van der Waals surface area (Å²) in [6, 6.07) is 17.5. The number of aliphatic imine (C=N–C) groups is 1. The van der Waals surface area contributed by atoms with E-state index in [0.29, 0.717) is 16.5 Å². The van der Waals surface area contributed by atoms with E-state index in [1.807, 2.05) is 42.1 Å². The van der Waals surface area contributed by atoms with E-state index >= 15 is 0 Å². The number of aliphatic hydroxyl groups is 1. The summed E-state index contributed by atoms with van der Waals surface area (Å²) < 4.78 is 1.84. The Morgan fingerprint density at radius 2 is 1.90 bits per heavy atom. The van der Waals surface area contributed by atoms with E-state index in [9.17, 15) is 5.11 Å². The molecule has 0 aliphatic heterocycles. The van der Waals surface area contributed by atoms with Gasteiger partial charge in [0.25, 0.3) is 0 Å². The Morgan fingerprint density at radius 1 is 1.13 bits per heavy atom. The van der Waals surface area contributed by atoms with Crippen LogP contribution in [0.3, 0.4) is 0 Å². The highest BCUT2D eigenvalue weighted by molar-refractivity contribution is 14.0. The van der Waals surface area contributed by atoms with E-state index in [0.717, 1.165) is 25.2 Å². The first kappa shape index (κ1) is 24.2. The predicted octanol–water partition coefficient (Wildman–Crippen LogP) is 3.97. The molecule has 0 aliphatic rings. The van der Waals surface area contributed by atoms with Crippen LogP contribution in [-0.2, 0) is 6.42 Å². The monoisotopic (exact) mass is 539 g/mol. The van der Waals surface area contributed by atoms with Gasteiger partial charge in [-0.3, -0.25) is 4.99 Å². The largest absolute Gasteiger partial charge is 0.386 e. The van der Waals surface area contributed by atoms with Gasteiger partial charge in [0.05, 0.1) is 12.2 Å². The molecule has 8 heteroatoms. The molecule has 2 aromatic carbocycles. The Bertz CT molecular complexity index is 916. The van der Waals surface area contributed by atoms with Crippen molar-refractivity contribution in [2.45, 2.75) is 19.4 Å². The second-order valence-electron chi connectivity index (χ2n) is 6.55. The second kappa shape index (κ2) is 12.6. The average Bonchev–Trinajstić information content (AvgIpc) is 3.27. The number of aliphatic hydroxyl groups excluding tert-OH is 1. The molecule has 3 aromatic rings. The third-order valence-corrected chi connectivity index (χ3v) is 4.79. The zero-order valence-corrected chi connectivity index (χ0v) is 19.9. The molecule has 0 saturated heterocycles. The Morgan fingerprint density at radius 3 is 2.57 bits per heavy atom. The third kappa shape index (κ3) is 7.00. The molecule has 1 unspecified atom stereocenters. The van der Waals surface area contributed by atoms with Crippen LogP contribution in [0.5, 0.6) is 0 Å². The summed E-state index contributed by atoms with van der Waals surface area (Å²) in [5.74, 6) is 0.673. The van der Waals surface area contributed by atoms with E-state index in [4.69, 9.17) is 11.6 Å². The van der Waals surface area contributed by atoms with E-state index < -0.39 is 6.10 Å². The van der Waals surface area contributed by atoms with Gasteiger partial charge >= 0.3 is 0 Å². The number of aromatic nitrogens is 2. The quantitative estimate of drug-likeness (QED) is 0.230. The van der Waals surface area contributed by atoms with Gasteiger partial charge in [-0.05, 0) is 43.2 Å². The number of hydrogen-bond donors (Lipinski definition) is 3. The third-order valence-electron chi connectivity index (χ3n) is 4.44. The maximum absolute atomic E-state index is 10.4. The Balaban J connectivity index is 0.00000320. The van der Waals surface area contributed by atoms with Crippen molar-refractivity contribution in [1.82, 2.24) is 20.4 Å². The number of nitrogens with one attached hydrogen (secondary N) is 2. The first-order valence-corrected chi connectivity index (χ1v) is 10.1. The summed E-state index contributed by atoms with van der Waals surface area (Å²) in [7, 11) is 0. The van der Waals surface area contributed by atoms with Crippen molar-refractivity contribution in [3.8, 4) is 5.69 Å². The van der Waals surface area contributed by atoms with Crippen LogP contribution < -0.4 is 10.6 Å². The molecular weight excluding hydrogens is 513 g/mol. The average molecular weight is 540 g/mol. The highest BCUT2D eigenvalue weighted by atomic mass is 127. The topological polar surface area (TPSA) is 74.5 Å². The molecular formula is C22H27ClIN5O. The van der Waals surface area contributed by atoms with E-state index in [2.05, 4.69) is 45.0 Å². The molecule has 1 atom stereocenters. The van der Waals surface area contributed by atoms with Crippen molar-refractivity contribution in [1.29, 1.82) is 0 Å². The lowest BCUT2D eigenvalue weighted by molar-refractivity contribution is 0.187. The highest BCUT2D eigenvalue weighted by Gasteiger charge is 2.10. The zero-order valence-electron chi connectivity index (χ0n) is 16.8. The van der Waals surface area contributed by atoms with E-state index in [-0.39, 0.29) is 30.5 Å². The lowest BCUT2D eigenvalue weighted by Gasteiger charge is -2.14. The molecule has 0 fully saturated rings. The Labute approximate surface area is 199 Å².